The average Bonchev–Trinajstić information content (AvgIpc) is 3.09. The molecule has 26 heavy (non-hydrogen) atoms. The van der Waals surface area contributed by atoms with E-state index >= 15 is 0 Å². The maximum atomic E-state index is 12.2. The van der Waals surface area contributed by atoms with Crippen LogP contribution < -0.4 is 5.32 Å². The highest BCUT2D eigenvalue weighted by Crippen LogP contribution is 2.21. The molecular formula is C18H12ClN3O3S. The van der Waals surface area contributed by atoms with E-state index in [4.69, 9.17) is 21.6 Å². The SMILES string of the molecule is CC(OC(=O)c1ccc2ncsc2c1)C(=O)Nc1ccc(C#N)c(Cl)c1. The van der Waals surface area contributed by atoms with Crippen molar-refractivity contribution in [3.8, 4) is 6.07 Å². The summed E-state index contributed by atoms with van der Waals surface area (Å²) in [6.45, 7) is 1.48. The number of amides is 1. The van der Waals surface area contributed by atoms with Crippen LogP contribution in [-0.4, -0.2) is 23.0 Å². The van der Waals surface area contributed by atoms with Crippen molar-refractivity contribution in [3.63, 3.8) is 0 Å². The number of fused-ring (bicyclic) bond motifs is 1. The lowest BCUT2D eigenvalue weighted by molar-refractivity contribution is -0.123. The molecule has 0 bridgehead atoms. The number of benzene rings is 2. The minimum atomic E-state index is -1.01. The molecule has 0 aliphatic carbocycles. The molecule has 130 valence electrons. The van der Waals surface area contributed by atoms with E-state index in [-0.39, 0.29) is 5.02 Å². The van der Waals surface area contributed by atoms with E-state index in [2.05, 4.69) is 10.3 Å². The standard InChI is InChI=1S/C18H12ClN3O3S/c1-10(17(23)22-13-4-2-12(8-20)14(19)7-13)25-18(24)11-3-5-15-16(6-11)26-9-21-15/h2-7,9-10H,1H3,(H,22,23). The van der Waals surface area contributed by atoms with Crippen LogP contribution in [0.2, 0.25) is 5.02 Å². The zero-order valence-electron chi connectivity index (χ0n) is 13.5. The van der Waals surface area contributed by atoms with Crippen molar-refractivity contribution in [3.05, 3.63) is 58.1 Å². The van der Waals surface area contributed by atoms with Gasteiger partial charge in [0.2, 0.25) is 0 Å². The normalized spacial score (nSPS) is 11.6. The van der Waals surface area contributed by atoms with Gasteiger partial charge in [-0.25, -0.2) is 9.78 Å². The Morgan fingerprint density at radius 2 is 2.12 bits per heavy atom. The summed E-state index contributed by atoms with van der Waals surface area (Å²) in [5, 5.41) is 11.7. The molecule has 3 rings (SSSR count). The number of anilines is 1. The van der Waals surface area contributed by atoms with Gasteiger partial charge in [0.1, 0.15) is 6.07 Å². The first kappa shape index (κ1) is 17.9. The molecule has 1 atom stereocenters. The predicted octanol–water partition coefficient (Wildman–Crippen LogP) is 4.01. The van der Waals surface area contributed by atoms with Crippen molar-refractivity contribution < 1.29 is 14.3 Å². The quantitative estimate of drug-likeness (QED) is 0.685. The number of esters is 1. The predicted molar refractivity (Wildman–Crippen MR) is 99.3 cm³/mol. The summed E-state index contributed by atoms with van der Waals surface area (Å²) < 4.78 is 6.08. The van der Waals surface area contributed by atoms with E-state index in [1.165, 1.54) is 30.4 Å². The third-order valence-corrected chi connectivity index (χ3v) is 4.68. The van der Waals surface area contributed by atoms with Gasteiger partial charge in [0.15, 0.2) is 6.10 Å². The van der Waals surface area contributed by atoms with Crippen LogP contribution in [0, 0.1) is 11.3 Å². The number of thiazole rings is 1. The minimum Gasteiger partial charge on any atom is -0.449 e. The molecule has 1 heterocycles. The molecule has 1 N–H and O–H groups in total. The number of hydrogen-bond acceptors (Lipinski definition) is 6. The molecule has 0 radical (unpaired) electrons. The lowest BCUT2D eigenvalue weighted by Crippen LogP contribution is -2.30. The number of nitrogens with one attached hydrogen (secondary N) is 1. The van der Waals surface area contributed by atoms with Crippen LogP contribution >= 0.6 is 22.9 Å². The van der Waals surface area contributed by atoms with Crippen LogP contribution in [0.4, 0.5) is 5.69 Å². The number of rotatable bonds is 4. The van der Waals surface area contributed by atoms with Gasteiger partial charge in [0.25, 0.3) is 5.91 Å². The summed E-state index contributed by atoms with van der Waals surface area (Å²) in [5.41, 5.74) is 3.56. The zero-order valence-corrected chi connectivity index (χ0v) is 15.1. The van der Waals surface area contributed by atoms with E-state index in [1.807, 2.05) is 6.07 Å². The fraction of sp³-hybridized carbons (Fsp3) is 0.111. The van der Waals surface area contributed by atoms with E-state index < -0.39 is 18.0 Å². The van der Waals surface area contributed by atoms with Gasteiger partial charge in [-0.1, -0.05) is 11.6 Å². The molecule has 0 saturated heterocycles. The smallest absolute Gasteiger partial charge is 0.338 e. The molecule has 0 spiro atoms. The lowest BCUT2D eigenvalue weighted by Gasteiger charge is -2.14. The Morgan fingerprint density at radius 3 is 2.85 bits per heavy atom. The second kappa shape index (κ2) is 7.52. The first-order chi connectivity index (χ1) is 12.5. The summed E-state index contributed by atoms with van der Waals surface area (Å²) >= 11 is 7.35. The molecule has 3 aromatic rings. The van der Waals surface area contributed by atoms with Crippen molar-refractivity contribution in [1.29, 1.82) is 5.26 Å². The van der Waals surface area contributed by atoms with Crippen molar-refractivity contribution in [2.24, 2.45) is 0 Å². The molecule has 1 unspecified atom stereocenters. The van der Waals surface area contributed by atoms with Crippen molar-refractivity contribution >= 4 is 50.7 Å². The van der Waals surface area contributed by atoms with Crippen molar-refractivity contribution in [1.82, 2.24) is 4.98 Å². The van der Waals surface area contributed by atoms with E-state index in [0.29, 0.717) is 16.8 Å². The van der Waals surface area contributed by atoms with Gasteiger partial charge in [-0.15, -0.1) is 11.3 Å². The molecule has 8 heteroatoms. The maximum Gasteiger partial charge on any atom is 0.338 e. The maximum absolute atomic E-state index is 12.2. The van der Waals surface area contributed by atoms with Crippen LogP contribution in [0.3, 0.4) is 0 Å². The van der Waals surface area contributed by atoms with Crippen molar-refractivity contribution in [2.45, 2.75) is 13.0 Å². The van der Waals surface area contributed by atoms with Crippen LogP contribution in [0.1, 0.15) is 22.8 Å². The summed E-state index contributed by atoms with van der Waals surface area (Å²) in [5.74, 6) is -1.10. The number of hydrogen-bond donors (Lipinski definition) is 1. The van der Waals surface area contributed by atoms with Crippen LogP contribution in [-0.2, 0) is 9.53 Å². The Hall–Kier alpha value is -2.95. The second-order valence-electron chi connectivity index (χ2n) is 5.38. The fourth-order valence-corrected chi connectivity index (χ4v) is 3.13. The number of carbonyl (C=O) groups excluding carboxylic acids is 2. The van der Waals surface area contributed by atoms with E-state index in [1.54, 1.807) is 29.8 Å². The Balaban J connectivity index is 1.65. The molecule has 2 aromatic carbocycles. The molecule has 0 fully saturated rings. The highest BCUT2D eigenvalue weighted by Gasteiger charge is 2.20. The third-order valence-electron chi connectivity index (χ3n) is 3.58. The third kappa shape index (κ3) is 3.82. The van der Waals surface area contributed by atoms with E-state index in [0.717, 1.165) is 10.2 Å². The number of halogens is 1. The number of nitrogens with zero attached hydrogens (tertiary/aromatic N) is 2. The lowest BCUT2D eigenvalue weighted by atomic mass is 10.2. The average molecular weight is 386 g/mol. The molecular weight excluding hydrogens is 374 g/mol. The summed E-state index contributed by atoms with van der Waals surface area (Å²) in [6, 6.07) is 11.5. The van der Waals surface area contributed by atoms with Crippen LogP contribution in [0.15, 0.2) is 41.9 Å². The number of aromatic nitrogens is 1. The highest BCUT2D eigenvalue weighted by atomic mass is 35.5. The molecule has 0 aliphatic heterocycles. The van der Waals surface area contributed by atoms with Gasteiger partial charge in [-0.05, 0) is 43.3 Å². The zero-order chi connectivity index (χ0) is 18.7. The van der Waals surface area contributed by atoms with Crippen LogP contribution in [0.25, 0.3) is 10.2 Å². The summed E-state index contributed by atoms with van der Waals surface area (Å²) in [6.07, 6.45) is -1.01. The topological polar surface area (TPSA) is 92.1 Å². The number of carbonyl (C=O) groups is 2. The summed E-state index contributed by atoms with van der Waals surface area (Å²) in [7, 11) is 0. The van der Waals surface area contributed by atoms with E-state index in [9.17, 15) is 9.59 Å². The molecule has 1 aromatic heterocycles. The Bertz CT molecular complexity index is 1040. The summed E-state index contributed by atoms with van der Waals surface area (Å²) in [4.78, 5) is 28.6. The van der Waals surface area contributed by atoms with Gasteiger partial charge in [0.05, 0.1) is 31.9 Å². The monoisotopic (exact) mass is 385 g/mol. The van der Waals surface area contributed by atoms with Gasteiger partial charge in [-0.2, -0.15) is 5.26 Å². The Kier molecular flexibility index (Phi) is 5.16. The number of nitriles is 1. The molecule has 6 nitrogen and oxygen atoms in total. The number of ether oxygens (including phenoxy) is 1. The highest BCUT2D eigenvalue weighted by molar-refractivity contribution is 7.16. The van der Waals surface area contributed by atoms with Crippen LogP contribution in [0.5, 0.6) is 0 Å². The first-order valence-electron chi connectivity index (χ1n) is 7.52. The van der Waals surface area contributed by atoms with Gasteiger partial charge >= 0.3 is 5.97 Å². The Morgan fingerprint density at radius 1 is 1.31 bits per heavy atom. The van der Waals surface area contributed by atoms with Gasteiger partial charge in [-0.3, -0.25) is 4.79 Å². The molecule has 1 amide bonds. The van der Waals surface area contributed by atoms with Gasteiger partial charge < -0.3 is 10.1 Å². The Labute approximate surface area is 158 Å². The fourth-order valence-electron chi connectivity index (χ4n) is 2.19. The minimum absolute atomic E-state index is 0.229. The van der Waals surface area contributed by atoms with Crippen molar-refractivity contribution in [2.75, 3.05) is 5.32 Å². The second-order valence-corrected chi connectivity index (χ2v) is 6.67. The van der Waals surface area contributed by atoms with Gasteiger partial charge in [0, 0.05) is 5.69 Å². The largest absolute Gasteiger partial charge is 0.449 e. The first-order valence-corrected chi connectivity index (χ1v) is 8.78. The molecule has 0 saturated carbocycles. The molecule has 0 aliphatic rings.